The summed E-state index contributed by atoms with van der Waals surface area (Å²) in [7, 11) is 0. The highest BCUT2D eigenvalue weighted by Crippen LogP contribution is 2.33. The van der Waals surface area contributed by atoms with Crippen LogP contribution >= 0.6 is 11.6 Å². The standard InChI is InChI=1S/C27H25ClF2N4O4/c28-19-9-3-1-6-16(19)17-8-5-10-20(24(17)30)31-26(36)22-12-15(29)13-33(22)23(35)14-34-21-11-4-2-7-18(21)25(32-34)27(37)38/h1,3,5-6,8-10,15,22H,2,4,7,11-14H2,(H,31,36)(H,37,38). The molecule has 1 fully saturated rings. The molecule has 3 aromatic rings. The maximum atomic E-state index is 15.3. The normalized spacial score (nSPS) is 18.8. The Balaban J connectivity index is 1.36. The highest BCUT2D eigenvalue weighted by atomic mass is 35.5. The number of rotatable bonds is 6. The molecule has 0 bridgehead atoms. The molecule has 0 saturated carbocycles. The van der Waals surface area contributed by atoms with Gasteiger partial charge in [-0.25, -0.2) is 13.6 Å². The summed E-state index contributed by atoms with van der Waals surface area (Å²) >= 11 is 6.21. The molecule has 2 unspecified atom stereocenters. The SMILES string of the molecule is O=C(O)c1nn(CC(=O)N2CC(F)CC2C(=O)Nc2cccc(-c3ccccc3Cl)c2F)c2c1CCCC2. The molecule has 5 rings (SSSR count). The third kappa shape index (κ3) is 4.88. The molecule has 1 aromatic heterocycles. The van der Waals surface area contributed by atoms with Crippen LogP contribution in [0.1, 0.15) is 41.0 Å². The highest BCUT2D eigenvalue weighted by molar-refractivity contribution is 6.33. The van der Waals surface area contributed by atoms with E-state index in [4.69, 9.17) is 11.6 Å². The number of halogens is 3. The van der Waals surface area contributed by atoms with Crippen LogP contribution in [0.4, 0.5) is 14.5 Å². The largest absolute Gasteiger partial charge is 0.476 e. The summed E-state index contributed by atoms with van der Waals surface area (Å²) in [4.78, 5) is 39.1. The number of anilines is 1. The Morgan fingerprint density at radius 2 is 1.82 bits per heavy atom. The smallest absolute Gasteiger partial charge is 0.356 e. The van der Waals surface area contributed by atoms with Gasteiger partial charge in [0.05, 0.1) is 12.2 Å². The summed E-state index contributed by atoms with van der Waals surface area (Å²) in [5, 5.41) is 16.5. The number of nitrogens with zero attached hydrogens (tertiary/aromatic N) is 3. The second-order valence-electron chi connectivity index (χ2n) is 9.47. The topological polar surface area (TPSA) is 105 Å². The van der Waals surface area contributed by atoms with Crippen molar-refractivity contribution in [3.8, 4) is 11.1 Å². The molecule has 2 aromatic carbocycles. The molecular formula is C27H25ClF2N4O4. The lowest BCUT2D eigenvalue weighted by Gasteiger charge is -2.24. The number of alkyl halides is 1. The minimum absolute atomic E-state index is 0.0829. The lowest BCUT2D eigenvalue weighted by atomic mass is 9.96. The average molecular weight is 543 g/mol. The van der Waals surface area contributed by atoms with E-state index in [-0.39, 0.29) is 36.5 Å². The molecule has 0 radical (unpaired) electrons. The van der Waals surface area contributed by atoms with Crippen molar-refractivity contribution in [2.75, 3.05) is 11.9 Å². The summed E-state index contributed by atoms with van der Waals surface area (Å²) in [6.45, 7) is -0.614. The molecule has 2 heterocycles. The molecule has 11 heteroatoms. The minimum atomic E-state index is -1.44. The predicted molar refractivity (Wildman–Crippen MR) is 136 cm³/mol. The fourth-order valence-electron chi connectivity index (χ4n) is 5.23. The van der Waals surface area contributed by atoms with Crippen LogP contribution in [0.25, 0.3) is 11.1 Å². The van der Waals surface area contributed by atoms with Crippen molar-refractivity contribution in [3.63, 3.8) is 0 Å². The van der Waals surface area contributed by atoms with Crippen molar-refractivity contribution in [1.29, 1.82) is 0 Å². The quantitative estimate of drug-likeness (QED) is 0.477. The van der Waals surface area contributed by atoms with Crippen molar-refractivity contribution in [2.45, 2.75) is 50.9 Å². The molecule has 1 saturated heterocycles. The van der Waals surface area contributed by atoms with Crippen LogP contribution < -0.4 is 5.32 Å². The number of carboxylic acids is 1. The minimum Gasteiger partial charge on any atom is -0.476 e. The van der Waals surface area contributed by atoms with Crippen molar-refractivity contribution >= 4 is 35.1 Å². The molecule has 2 N–H and O–H groups in total. The van der Waals surface area contributed by atoms with Gasteiger partial charge in [-0.1, -0.05) is 41.9 Å². The van der Waals surface area contributed by atoms with Crippen LogP contribution in [-0.4, -0.2) is 56.3 Å². The Hall–Kier alpha value is -3.79. The first kappa shape index (κ1) is 25.8. The monoisotopic (exact) mass is 542 g/mol. The summed E-state index contributed by atoms with van der Waals surface area (Å²) in [5.41, 5.74) is 1.73. The number of carbonyl (C=O) groups is 3. The van der Waals surface area contributed by atoms with Crippen LogP contribution in [-0.2, 0) is 29.0 Å². The third-order valence-electron chi connectivity index (χ3n) is 7.04. The van der Waals surface area contributed by atoms with E-state index in [2.05, 4.69) is 10.4 Å². The zero-order valence-corrected chi connectivity index (χ0v) is 21.0. The van der Waals surface area contributed by atoms with Gasteiger partial charge in [-0.3, -0.25) is 14.3 Å². The molecule has 8 nitrogen and oxygen atoms in total. The number of hydrogen-bond donors (Lipinski definition) is 2. The molecule has 2 amide bonds. The number of amides is 2. The maximum absolute atomic E-state index is 15.3. The van der Waals surface area contributed by atoms with Gasteiger partial charge in [0.15, 0.2) is 11.5 Å². The lowest BCUT2D eigenvalue weighted by Crippen LogP contribution is -2.44. The van der Waals surface area contributed by atoms with E-state index in [9.17, 15) is 23.9 Å². The number of carboxylic acid groups (broad SMARTS) is 1. The Labute approximate surface area is 222 Å². The van der Waals surface area contributed by atoms with Gasteiger partial charge in [-0.2, -0.15) is 5.10 Å². The van der Waals surface area contributed by atoms with Crippen molar-refractivity contribution < 1.29 is 28.3 Å². The van der Waals surface area contributed by atoms with Crippen LogP contribution in [0.3, 0.4) is 0 Å². The molecule has 38 heavy (non-hydrogen) atoms. The second kappa shape index (κ2) is 10.5. The van der Waals surface area contributed by atoms with E-state index in [1.54, 1.807) is 30.3 Å². The van der Waals surface area contributed by atoms with E-state index >= 15 is 4.39 Å². The van der Waals surface area contributed by atoms with Crippen molar-refractivity contribution in [3.05, 3.63) is 70.3 Å². The first-order valence-corrected chi connectivity index (χ1v) is 12.7. The summed E-state index contributed by atoms with van der Waals surface area (Å²) in [6, 6.07) is 10.0. The maximum Gasteiger partial charge on any atom is 0.356 e. The average Bonchev–Trinajstić information content (AvgIpc) is 3.47. The molecule has 198 valence electrons. The Morgan fingerprint density at radius 3 is 2.58 bits per heavy atom. The van der Waals surface area contributed by atoms with Gasteiger partial charge in [0.25, 0.3) is 0 Å². The van der Waals surface area contributed by atoms with Crippen molar-refractivity contribution in [2.24, 2.45) is 0 Å². The summed E-state index contributed by atoms with van der Waals surface area (Å²) < 4.78 is 31.2. The molecule has 1 aliphatic heterocycles. The number of aromatic carboxylic acids is 1. The van der Waals surface area contributed by atoms with Gasteiger partial charge in [0, 0.05) is 33.8 Å². The first-order chi connectivity index (χ1) is 18.2. The second-order valence-corrected chi connectivity index (χ2v) is 9.88. The summed E-state index contributed by atoms with van der Waals surface area (Å²) in [6.07, 6.45) is 1.15. The Morgan fingerprint density at radius 1 is 1.08 bits per heavy atom. The molecule has 2 aliphatic rings. The fraction of sp³-hybridized carbons (Fsp3) is 0.333. The number of carbonyl (C=O) groups excluding carboxylic acids is 2. The van der Waals surface area contributed by atoms with Gasteiger partial charge in [0.2, 0.25) is 11.8 Å². The number of likely N-dealkylation sites (tertiary alicyclic amines) is 1. The number of hydrogen-bond acceptors (Lipinski definition) is 4. The molecule has 0 spiro atoms. The molecule has 2 atom stereocenters. The zero-order valence-electron chi connectivity index (χ0n) is 20.3. The Kier molecular flexibility index (Phi) is 7.16. The molecule has 1 aliphatic carbocycles. The van der Waals surface area contributed by atoms with Gasteiger partial charge in [-0.15, -0.1) is 0 Å². The van der Waals surface area contributed by atoms with Crippen molar-refractivity contribution in [1.82, 2.24) is 14.7 Å². The van der Waals surface area contributed by atoms with Gasteiger partial charge in [-0.05, 0) is 37.8 Å². The van der Waals surface area contributed by atoms with Gasteiger partial charge >= 0.3 is 5.97 Å². The number of benzene rings is 2. The Bertz CT molecular complexity index is 1430. The van der Waals surface area contributed by atoms with Crippen LogP contribution in [0.5, 0.6) is 0 Å². The van der Waals surface area contributed by atoms with E-state index in [1.807, 2.05) is 0 Å². The predicted octanol–water partition coefficient (Wildman–Crippen LogP) is 4.50. The van der Waals surface area contributed by atoms with Gasteiger partial charge in [0.1, 0.15) is 18.8 Å². The van der Waals surface area contributed by atoms with E-state index in [0.29, 0.717) is 34.7 Å². The number of fused-ring (bicyclic) bond motifs is 1. The summed E-state index contributed by atoms with van der Waals surface area (Å²) in [5.74, 6) is -3.16. The lowest BCUT2D eigenvalue weighted by molar-refractivity contribution is -0.137. The van der Waals surface area contributed by atoms with E-state index < -0.39 is 35.8 Å². The molecular weight excluding hydrogens is 518 g/mol. The van der Waals surface area contributed by atoms with Crippen LogP contribution in [0.2, 0.25) is 5.02 Å². The van der Waals surface area contributed by atoms with Crippen LogP contribution in [0.15, 0.2) is 42.5 Å². The van der Waals surface area contributed by atoms with Crippen LogP contribution in [0, 0.1) is 5.82 Å². The zero-order chi connectivity index (χ0) is 27.0. The van der Waals surface area contributed by atoms with E-state index in [0.717, 1.165) is 17.7 Å². The van der Waals surface area contributed by atoms with Gasteiger partial charge < -0.3 is 15.3 Å². The fourth-order valence-corrected chi connectivity index (χ4v) is 5.47. The van der Waals surface area contributed by atoms with E-state index in [1.165, 1.54) is 16.8 Å². The number of aromatic nitrogens is 2. The highest BCUT2D eigenvalue weighted by Gasteiger charge is 2.40. The third-order valence-corrected chi connectivity index (χ3v) is 7.37. The number of nitrogens with one attached hydrogen (secondary N) is 1. The first-order valence-electron chi connectivity index (χ1n) is 12.3.